The Morgan fingerprint density at radius 1 is 1.22 bits per heavy atom. The first kappa shape index (κ1) is 37.8. The highest BCUT2D eigenvalue weighted by Gasteiger charge is 2.72. The van der Waals surface area contributed by atoms with E-state index in [-0.39, 0.29) is 34.7 Å². The minimum Gasteiger partial charge on any atom is -0.468 e. The fraction of sp³-hybridized carbons (Fsp3) is 0.529. The minimum atomic E-state index is -1.44. The van der Waals surface area contributed by atoms with E-state index in [1.54, 1.807) is 34.6 Å². The number of nitrogens with one attached hydrogen (secondary N) is 1. The number of rotatable bonds is 11. The van der Waals surface area contributed by atoms with Crippen LogP contribution in [0.2, 0.25) is 25.7 Å². The summed E-state index contributed by atoms with van der Waals surface area (Å²) in [6, 6.07) is 4.94. The van der Waals surface area contributed by atoms with Crippen LogP contribution in [-0.4, -0.2) is 83.0 Å². The Morgan fingerprint density at radius 3 is 2.53 bits per heavy atom. The maximum atomic E-state index is 15.8. The molecule has 4 atom stereocenters. The number of hydrogen-bond acceptors (Lipinski definition) is 11. The van der Waals surface area contributed by atoms with E-state index in [0.29, 0.717) is 13.0 Å². The monoisotopic (exact) mass is 713 g/mol. The number of ether oxygens (including phenoxy) is 4. The number of terminal acetylenes is 1. The molecule has 0 unspecified atom stereocenters. The molecule has 2 heterocycles. The highest BCUT2D eigenvalue weighted by atomic mass is 32.2. The average Bonchev–Trinajstić information content (AvgIpc) is 3.77. The molecule has 12 nitrogen and oxygen atoms in total. The first-order valence-electron chi connectivity index (χ1n) is 15.8. The lowest BCUT2D eigenvalue weighted by Crippen LogP contribution is -2.47. The van der Waals surface area contributed by atoms with E-state index >= 15 is 4.39 Å². The number of anilines is 1. The van der Waals surface area contributed by atoms with Gasteiger partial charge in [0.1, 0.15) is 28.6 Å². The molecule has 49 heavy (non-hydrogen) atoms. The van der Waals surface area contributed by atoms with E-state index < -0.39 is 59.8 Å². The molecule has 1 aliphatic carbocycles. The van der Waals surface area contributed by atoms with Gasteiger partial charge in [-0.25, -0.2) is 24.1 Å². The Hall–Kier alpha value is -4.00. The second-order valence-corrected chi connectivity index (χ2v) is 21.3. The normalized spacial score (nSPS) is 22.1. The van der Waals surface area contributed by atoms with Gasteiger partial charge < -0.3 is 24.3 Å². The first-order chi connectivity index (χ1) is 22.8. The third kappa shape index (κ3) is 8.97. The zero-order valence-electron chi connectivity index (χ0n) is 29.4. The molecule has 1 aromatic carbocycles. The predicted molar refractivity (Wildman–Crippen MR) is 188 cm³/mol. The molecule has 0 spiro atoms. The van der Waals surface area contributed by atoms with E-state index in [2.05, 4.69) is 40.8 Å². The van der Waals surface area contributed by atoms with Crippen molar-refractivity contribution >= 4 is 48.7 Å². The van der Waals surface area contributed by atoms with Crippen LogP contribution in [0.3, 0.4) is 0 Å². The van der Waals surface area contributed by atoms with Crippen molar-refractivity contribution < 1.29 is 37.7 Å². The molecule has 2 amide bonds. The van der Waals surface area contributed by atoms with Crippen LogP contribution < -0.4 is 10.1 Å². The van der Waals surface area contributed by atoms with Gasteiger partial charge in [0.15, 0.2) is 11.3 Å². The molecule has 1 N–H and O–H groups in total. The molecule has 0 saturated heterocycles. The molecule has 1 aliphatic heterocycles. The summed E-state index contributed by atoms with van der Waals surface area (Å²) in [7, 11) is -0.154. The number of aliphatic imine (C=N–C) groups is 1. The van der Waals surface area contributed by atoms with E-state index in [1.807, 2.05) is 0 Å². The van der Waals surface area contributed by atoms with Crippen molar-refractivity contribution in [2.24, 2.45) is 10.9 Å². The van der Waals surface area contributed by atoms with Gasteiger partial charge in [-0.3, -0.25) is 14.6 Å². The standard InChI is InChI=1S/C34H44FN5O7SSi/c1-11-21(2)46-27-19-36-25(18-37-27)28(41)38-22-12-13-24(35)23(16-22)33(6)26-17-34(26,29(42)44-7)48-30(39-33)40(31(43)47-32(3,4)5)20-45-14-15-49(8,9)10/h1,12-13,16,18-19,21,26H,14-15,17,20H2,2-10H3,(H,38,41)/t21-,26-,33+,34-/m0/s1. The smallest absolute Gasteiger partial charge is 0.418 e. The molecule has 1 fully saturated rings. The number of hydrogen-bond donors (Lipinski definition) is 1. The highest BCUT2D eigenvalue weighted by molar-refractivity contribution is 8.15. The number of methoxy groups -OCH3 is 1. The highest BCUT2D eigenvalue weighted by Crippen LogP contribution is 2.67. The third-order valence-corrected chi connectivity index (χ3v) is 11.1. The number of carbonyl (C=O) groups excluding carboxylic acids is 3. The van der Waals surface area contributed by atoms with Crippen molar-refractivity contribution in [1.29, 1.82) is 0 Å². The maximum absolute atomic E-state index is 15.8. The molecular weight excluding hydrogens is 670 g/mol. The second-order valence-electron chi connectivity index (χ2n) is 14.4. The number of thioether (sulfide) groups is 1. The van der Waals surface area contributed by atoms with Gasteiger partial charge in [-0.05, 0) is 65.3 Å². The molecule has 264 valence electrons. The maximum Gasteiger partial charge on any atom is 0.418 e. The number of benzene rings is 1. The molecule has 1 saturated carbocycles. The van der Waals surface area contributed by atoms with Crippen LogP contribution in [0.4, 0.5) is 14.9 Å². The lowest BCUT2D eigenvalue weighted by atomic mass is 9.85. The van der Waals surface area contributed by atoms with Crippen LogP contribution in [0.5, 0.6) is 5.88 Å². The molecule has 2 aromatic rings. The number of aromatic nitrogens is 2. The van der Waals surface area contributed by atoms with Crippen LogP contribution >= 0.6 is 11.8 Å². The van der Waals surface area contributed by atoms with Crippen LogP contribution in [0.15, 0.2) is 35.6 Å². The summed E-state index contributed by atoms with van der Waals surface area (Å²) >= 11 is 1.09. The number of amidine groups is 1. The van der Waals surface area contributed by atoms with E-state index in [4.69, 9.17) is 30.4 Å². The Bertz CT molecular complexity index is 1660. The fourth-order valence-corrected chi connectivity index (χ4v) is 7.55. The second kappa shape index (κ2) is 14.5. The van der Waals surface area contributed by atoms with Crippen LogP contribution in [0.25, 0.3) is 0 Å². The van der Waals surface area contributed by atoms with Crippen LogP contribution in [-0.2, 0) is 24.5 Å². The first-order valence-corrected chi connectivity index (χ1v) is 20.4. The average molecular weight is 714 g/mol. The van der Waals surface area contributed by atoms with E-state index in [1.165, 1.54) is 42.6 Å². The van der Waals surface area contributed by atoms with Crippen LogP contribution in [0.1, 0.15) is 57.1 Å². The van der Waals surface area contributed by atoms with Crippen molar-refractivity contribution in [2.45, 2.75) is 88.7 Å². The molecule has 1 aromatic heterocycles. The van der Waals surface area contributed by atoms with Crippen molar-refractivity contribution in [3.05, 3.63) is 47.7 Å². The summed E-state index contributed by atoms with van der Waals surface area (Å²) in [5, 5.41) is 2.86. The number of amides is 2. The van der Waals surface area contributed by atoms with Gasteiger partial charge in [0.25, 0.3) is 5.91 Å². The summed E-state index contributed by atoms with van der Waals surface area (Å²) in [4.78, 5) is 54.4. The summed E-state index contributed by atoms with van der Waals surface area (Å²) in [6.07, 6.45) is 6.91. The molecule has 0 radical (unpaired) electrons. The van der Waals surface area contributed by atoms with Gasteiger partial charge in [0.2, 0.25) is 5.88 Å². The van der Waals surface area contributed by atoms with Gasteiger partial charge in [0, 0.05) is 31.8 Å². The number of halogens is 1. The fourth-order valence-electron chi connectivity index (χ4n) is 5.21. The van der Waals surface area contributed by atoms with Crippen molar-refractivity contribution in [1.82, 2.24) is 14.9 Å². The van der Waals surface area contributed by atoms with Gasteiger partial charge in [0.05, 0.1) is 25.0 Å². The van der Waals surface area contributed by atoms with Crippen molar-refractivity contribution in [2.75, 3.05) is 25.8 Å². The summed E-state index contributed by atoms with van der Waals surface area (Å²) < 4.78 is 37.0. The van der Waals surface area contributed by atoms with Gasteiger partial charge in [-0.1, -0.05) is 37.3 Å². The lowest BCUT2D eigenvalue weighted by molar-refractivity contribution is -0.141. The van der Waals surface area contributed by atoms with E-state index in [9.17, 15) is 14.4 Å². The Balaban J connectivity index is 1.69. The predicted octanol–water partition coefficient (Wildman–Crippen LogP) is 6.07. The van der Waals surface area contributed by atoms with Gasteiger partial charge in [-0.2, -0.15) is 0 Å². The van der Waals surface area contributed by atoms with Crippen molar-refractivity contribution in [3.8, 4) is 18.2 Å². The van der Waals surface area contributed by atoms with Crippen molar-refractivity contribution in [3.63, 3.8) is 0 Å². The lowest BCUT2D eigenvalue weighted by Gasteiger charge is -2.37. The summed E-state index contributed by atoms with van der Waals surface area (Å²) in [6.45, 7) is 15.5. The Labute approximate surface area is 291 Å². The van der Waals surface area contributed by atoms with Gasteiger partial charge >= 0.3 is 12.1 Å². The topological polar surface area (TPSA) is 142 Å². The zero-order valence-corrected chi connectivity index (χ0v) is 31.2. The quantitative estimate of drug-likeness (QED) is 0.0960. The summed E-state index contributed by atoms with van der Waals surface area (Å²) in [5.74, 6) is 0.355. The number of nitrogens with zero attached hydrogens (tertiary/aromatic N) is 4. The number of fused-ring (bicyclic) bond motifs is 1. The zero-order chi connectivity index (χ0) is 36.4. The SMILES string of the molecule is C#C[C@H](C)Oc1cnc(C(=O)Nc2ccc(F)c([C@@]3(C)N=C(N(COCC[Si](C)(C)C)C(=O)OC(C)(C)C)S[C@@]4(C(=O)OC)C[C@H]43)c2)cn1. The molecule has 4 rings (SSSR count). The van der Waals surface area contributed by atoms with Crippen LogP contribution in [0, 0.1) is 24.1 Å². The number of carbonyl (C=O) groups is 3. The third-order valence-electron chi connectivity index (χ3n) is 7.95. The molecule has 0 bridgehead atoms. The molecule has 15 heteroatoms. The summed E-state index contributed by atoms with van der Waals surface area (Å²) in [5.41, 5.74) is -1.84. The van der Waals surface area contributed by atoms with Gasteiger partial charge in [-0.15, -0.1) is 6.42 Å². The minimum absolute atomic E-state index is 0.0128. The molecule has 2 aliphatic rings. The number of esters is 1. The van der Waals surface area contributed by atoms with E-state index in [0.717, 1.165) is 17.8 Å². The Morgan fingerprint density at radius 2 is 1.94 bits per heavy atom. The largest absolute Gasteiger partial charge is 0.468 e. The Kier molecular flexibility index (Phi) is 11.2. The molecular formula is C34H44FN5O7SSi.